The second kappa shape index (κ2) is 17.6. The van der Waals surface area contributed by atoms with E-state index in [4.69, 9.17) is 14.2 Å². The van der Waals surface area contributed by atoms with Crippen LogP contribution in [0.5, 0.6) is 5.88 Å². The van der Waals surface area contributed by atoms with E-state index in [2.05, 4.69) is 10.3 Å². The number of amides is 2. The van der Waals surface area contributed by atoms with Crippen molar-refractivity contribution in [2.24, 2.45) is 0 Å². The second-order valence-electron chi connectivity index (χ2n) is 8.80. The quantitative estimate of drug-likeness (QED) is 0.389. The Morgan fingerprint density at radius 2 is 1.86 bits per heavy atom. The van der Waals surface area contributed by atoms with Gasteiger partial charge < -0.3 is 24.4 Å². The van der Waals surface area contributed by atoms with E-state index in [1.807, 2.05) is 32.9 Å². The molecular formula is C26H45N3O6. The first-order chi connectivity index (χ1) is 16.6. The predicted molar refractivity (Wildman–Crippen MR) is 136 cm³/mol. The van der Waals surface area contributed by atoms with Gasteiger partial charge in [-0.2, -0.15) is 0 Å². The van der Waals surface area contributed by atoms with Crippen LogP contribution in [0.15, 0.2) is 24.4 Å². The molecule has 0 aromatic carbocycles. The SMILES string of the molecule is CC.CCOC(=O)CCCCCN1C(=O)C(NC(=O)OC(C)(C)C)CC1C.COc1ccccn1. The molecule has 1 aliphatic heterocycles. The van der Waals surface area contributed by atoms with Crippen LogP contribution in [-0.2, 0) is 19.1 Å². The number of unbranched alkanes of at least 4 members (excludes halogenated alkanes) is 2. The number of nitrogens with zero attached hydrogens (tertiary/aromatic N) is 2. The number of pyridine rings is 1. The Hall–Kier alpha value is -2.84. The van der Waals surface area contributed by atoms with Crippen molar-refractivity contribution < 1.29 is 28.6 Å². The lowest BCUT2D eigenvalue weighted by atomic mass is 10.1. The summed E-state index contributed by atoms with van der Waals surface area (Å²) in [6, 6.07) is 5.09. The van der Waals surface area contributed by atoms with E-state index in [0.29, 0.717) is 31.9 Å². The summed E-state index contributed by atoms with van der Waals surface area (Å²) >= 11 is 0. The molecule has 1 aliphatic rings. The number of ether oxygens (including phenoxy) is 3. The standard InChI is InChI=1S/C18H32N2O5.C6H7NO.C2H6/c1-6-24-15(21)10-8-7-9-11-20-13(2)12-14(16(20)22)19-17(23)25-18(3,4)5;1-8-6-4-2-3-5-7-6;1-2/h13-14H,6-12H2,1-5H3,(H,19,23);2-5H,1H3;1-2H3. The summed E-state index contributed by atoms with van der Waals surface area (Å²) in [5, 5.41) is 2.66. The number of carbonyl (C=O) groups excluding carboxylic acids is 3. The van der Waals surface area contributed by atoms with E-state index in [9.17, 15) is 14.4 Å². The molecule has 2 unspecified atom stereocenters. The fourth-order valence-electron chi connectivity index (χ4n) is 3.32. The maximum atomic E-state index is 12.5. The monoisotopic (exact) mass is 495 g/mol. The number of rotatable bonds is 9. The van der Waals surface area contributed by atoms with Crippen LogP contribution in [0.25, 0.3) is 0 Å². The van der Waals surface area contributed by atoms with Crippen LogP contribution in [-0.4, -0.2) is 65.8 Å². The number of esters is 1. The van der Waals surface area contributed by atoms with Crippen LogP contribution in [0.4, 0.5) is 4.79 Å². The van der Waals surface area contributed by atoms with Gasteiger partial charge in [-0.05, 0) is 59.9 Å². The van der Waals surface area contributed by atoms with Crippen molar-refractivity contribution in [2.75, 3.05) is 20.3 Å². The van der Waals surface area contributed by atoms with E-state index in [1.165, 1.54) is 0 Å². The molecule has 35 heavy (non-hydrogen) atoms. The topological polar surface area (TPSA) is 107 Å². The van der Waals surface area contributed by atoms with Crippen LogP contribution < -0.4 is 10.1 Å². The third-order valence-corrected chi connectivity index (χ3v) is 4.81. The number of carbonyl (C=O) groups is 3. The maximum Gasteiger partial charge on any atom is 0.408 e. The molecule has 2 rings (SSSR count). The third-order valence-electron chi connectivity index (χ3n) is 4.81. The van der Waals surface area contributed by atoms with Gasteiger partial charge in [0.25, 0.3) is 0 Å². The molecule has 200 valence electrons. The summed E-state index contributed by atoms with van der Waals surface area (Å²) in [6.07, 6.45) is 4.58. The summed E-state index contributed by atoms with van der Waals surface area (Å²) in [7, 11) is 1.60. The number of alkyl carbamates (subject to hydrolysis) is 1. The number of nitrogens with one attached hydrogen (secondary N) is 1. The number of aromatic nitrogens is 1. The molecular weight excluding hydrogens is 450 g/mol. The molecule has 1 saturated heterocycles. The van der Waals surface area contributed by atoms with Crippen LogP contribution >= 0.6 is 0 Å². The Morgan fingerprint density at radius 1 is 1.17 bits per heavy atom. The first-order valence-electron chi connectivity index (χ1n) is 12.5. The van der Waals surface area contributed by atoms with Crippen LogP contribution in [0.3, 0.4) is 0 Å². The summed E-state index contributed by atoms with van der Waals surface area (Å²) < 4.78 is 14.9. The minimum Gasteiger partial charge on any atom is -0.481 e. The zero-order valence-electron chi connectivity index (χ0n) is 22.8. The molecule has 0 radical (unpaired) electrons. The molecule has 9 nitrogen and oxygen atoms in total. The van der Waals surface area contributed by atoms with Crippen molar-refractivity contribution >= 4 is 18.0 Å². The Balaban J connectivity index is 0.000000961. The molecule has 9 heteroatoms. The maximum absolute atomic E-state index is 12.5. The van der Waals surface area contributed by atoms with E-state index in [1.54, 1.807) is 52.0 Å². The van der Waals surface area contributed by atoms with Gasteiger partial charge in [-0.1, -0.05) is 26.3 Å². The number of likely N-dealkylation sites (tertiary alicyclic amines) is 1. The predicted octanol–water partition coefficient (Wildman–Crippen LogP) is 4.74. The van der Waals surface area contributed by atoms with E-state index >= 15 is 0 Å². The number of hydrogen-bond acceptors (Lipinski definition) is 7. The summed E-state index contributed by atoms with van der Waals surface area (Å²) in [4.78, 5) is 41.2. The van der Waals surface area contributed by atoms with E-state index in [0.717, 1.165) is 19.3 Å². The average Bonchev–Trinajstić information content (AvgIpc) is 3.07. The van der Waals surface area contributed by atoms with Gasteiger partial charge in [0.1, 0.15) is 11.6 Å². The van der Waals surface area contributed by atoms with Crippen LogP contribution in [0.2, 0.25) is 0 Å². The second-order valence-corrected chi connectivity index (χ2v) is 8.80. The van der Waals surface area contributed by atoms with Gasteiger partial charge in [0, 0.05) is 31.3 Å². The zero-order valence-corrected chi connectivity index (χ0v) is 22.8. The Labute approximate surface area is 210 Å². The highest BCUT2D eigenvalue weighted by atomic mass is 16.6. The molecule has 0 spiro atoms. The highest BCUT2D eigenvalue weighted by molar-refractivity contribution is 5.88. The van der Waals surface area contributed by atoms with Gasteiger partial charge >= 0.3 is 12.1 Å². The van der Waals surface area contributed by atoms with E-state index < -0.39 is 17.7 Å². The van der Waals surface area contributed by atoms with Crippen molar-refractivity contribution in [1.82, 2.24) is 15.2 Å². The van der Waals surface area contributed by atoms with Gasteiger partial charge in [0.15, 0.2) is 0 Å². The lowest BCUT2D eigenvalue weighted by Crippen LogP contribution is -2.44. The minimum absolute atomic E-state index is 0.0660. The molecule has 2 amide bonds. The molecule has 2 atom stereocenters. The summed E-state index contributed by atoms with van der Waals surface area (Å²) in [5.74, 6) is 0.422. The fraction of sp³-hybridized carbons (Fsp3) is 0.692. The van der Waals surface area contributed by atoms with Crippen LogP contribution in [0, 0.1) is 0 Å². The molecule has 0 bridgehead atoms. The molecule has 0 saturated carbocycles. The van der Waals surface area contributed by atoms with Crippen molar-refractivity contribution in [3.63, 3.8) is 0 Å². The van der Waals surface area contributed by atoms with Gasteiger partial charge in [-0.15, -0.1) is 0 Å². The van der Waals surface area contributed by atoms with Gasteiger partial charge in [-0.3, -0.25) is 9.59 Å². The number of methoxy groups -OCH3 is 1. The van der Waals surface area contributed by atoms with E-state index in [-0.39, 0.29) is 17.9 Å². The van der Waals surface area contributed by atoms with Gasteiger partial charge in [-0.25, -0.2) is 9.78 Å². The Kier molecular flexibility index (Phi) is 16.1. The van der Waals surface area contributed by atoms with Crippen molar-refractivity contribution in [3.8, 4) is 5.88 Å². The van der Waals surface area contributed by atoms with Crippen molar-refractivity contribution in [3.05, 3.63) is 24.4 Å². The first-order valence-corrected chi connectivity index (χ1v) is 12.5. The molecule has 2 heterocycles. The minimum atomic E-state index is -0.587. The molecule has 1 aromatic rings. The van der Waals surface area contributed by atoms with Crippen molar-refractivity contribution in [2.45, 2.75) is 98.3 Å². The van der Waals surface area contributed by atoms with Gasteiger partial charge in [0.05, 0.1) is 13.7 Å². The summed E-state index contributed by atoms with van der Waals surface area (Å²) in [6.45, 7) is 14.2. The molecule has 0 aliphatic carbocycles. The highest BCUT2D eigenvalue weighted by Gasteiger charge is 2.38. The Morgan fingerprint density at radius 3 is 2.37 bits per heavy atom. The lowest BCUT2D eigenvalue weighted by Gasteiger charge is -2.22. The van der Waals surface area contributed by atoms with Gasteiger partial charge in [0.2, 0.25) is 11.8 Å². The summed E-state index contributed by atoms with van der Waals surface area (Å²) in [5.41, 5.74) is -0.587. The average molecular weight is 496 g/mol. The van der Waals surface area contributed by atoms with Crippen molar-refractivity contribution in [1.29, 1.82) is 0 Å². The largest absolute Gasteiger partial charge is 0.481 e. The molecule has 1 N–H and O–H groups in total. The molecule has 1 fully saturated rings. The zero-order chi connectivity index (χ0) is 26.9. The lowest BCUT2D eigenvalue weighted by molar-refractivity contribution is -0.143. The Bertz CT molecular complexity index is 736. The first kappa shape index (κ1) is 32.2. The fourth-order valence-corrected chi connectivity index (χ4v) is 3.32. The third kappa shape index (κ3) is 14.2. The molecule has 1 aromatic heterocycles. The smallest absolute Gasteiger partial charge is 0.408 e. The van der Waals surface area contributed by atoms with Crippen LogP contribution in [0.1, 0.15) is 80.6 Å². The highest BCUT2D eigenvalue weighted by Crippen LogP contribution is 2.20. The number of hydrogen-bond donors (Lipinski definition) is 1. The normalized spacial score (nSPS) is 16.8.